The van der Waals surface area contributed by atoms with E-state index in [-0.39, 0.29) is 18.0 Å². The van der Waals surface area contributed by atoms with Crippen LogP contribution in [0.15, 0.2) is 33.9 Å². The maximum Gasteiger partial charge on any atom is 0.331 e. The number of aromatic amines is 1. The minimum atomic E-state index is -0.641. The fourth-order valence-corrected chi connectivity index (χ4v) is 1.70. The number of H-pyrrole nitrogens is 1. The molecule has 0 bridgehead atoms. The molecule has 94 valence electrons. The van der Waals surface area contributed by atoms with Gasteiger partial charge in [0.2, 0.25) is 5.88 Å². The second-order valence-corrected chi connectivity index (χ2v) is 4.36. The highest BCUT2D eigenvalue weighted by atomic mass is 35.5. The highest BCUT2D eigenvalue weighted by molar-refractivity contribution is 6.30. The van der Waals surface area contributed by atoms with Gasteiger partial charge in [0.1, 0.15) is 0 Å². The summed E-state index contributed by atoms with van der Waals surface area (Å²) in [6, 6.07) is 6.87. The highest BCUT2D eigenvalue weighted by Crippen LogP contribution is 2.13. The van der Waals surface area contributed by atoms with Crippen LogP contribution in [0.1, 0.15) is 11.1 Å². The first kappa shape index (κ1) is 12.4. The molecule has 1 aromatic carbocycles. The zero-order chi connectivity index (χ0) is 13.3. The molecule has 0 saturated carbocycles. The van der Waals surface area contributed by atoms with Gasteiger partial charge in [0.25, 0.3) is 5.56 Å². The molecule has 0 fully saturated rings. The van der Waals surface area contributed by atoms with E-state index in [1.807, 2.05) is 0 Å². The molecule has 0 spiro atoms. The van der Waals surface area contributed by atoms with E-state index in [0.29, 0.717) is 5.02 Å². The summed E-state index contributed by atoms with van der Waals surface area (Å²) in [5, 5.41) is 10.4. The van der Waals surface area contributed by atoms with Gasteiger partial charge >= 0.3 is 5.69 Å². The van der Waals surface area contributed by atoms with Crippen molar-refractivity contribution < 1.29 is 5.11 Å². The summed E-state index contributed by atoms with van der Waals surface area (Å²) in [4.78, 5) is 25.0. The number of nitrogens with zero attached hydrogens (tertiary/aromatic N) is 1. The molecule has 6 heteroatoms. The molecule has 0 unspecified atom stereocenters. The van der Waals surface area contributed by atoms with E-state index in [0.717, 1.165) is 10.1 Å². The third kappa shape index (κ3) is 2.31. The number of nitrogens with one attached hydrogen (secondary N) is 1. The fraction of sp³-hybridized carbons (Fsp3) is 0.167. The van der Waals surface area contributed by atoms with Crippen LogP contribution in [0.4, 0.5) is 0 Å². The third-order valence-corrected chi connectivity index (χ3v) is 2.90. The van der Waals surface area contributed by atoms with Gasteiger partial charge in [0.15, 0.2) is 0 Å². The van der Waals surface area contributed by atoms with E-state index in [9.17, 15) is 14.7 Å². The summed E-state index contributed by atoms with van der Waals surface area (Å²) in [6.45, 7) is 1.62. The molecule has 2 N–H and O–H groups in total. The van der Waals surface area contributed by atoms with E-state index in [1.165, 1.54) is 6.92 Å². The minimum absolute atomic E-state index is 0.114. The Balaban J connectivity index is 2.47. The molecule has 0 aliphatic heterocycles. The monoisotopic (exact) mass is 266 g/mol. The van der Waals surface area contributed by atoms with Crippen molar-refractivity contribution in [2.75, 3.05) is 0 Å². The summed E-state index contributed by atoms with van der Waals surface area (Å²) in [5.41, 5.74) is -0.310. The predicted octanol–water partition coefficient (Wildman–Crippen LogP) is 1.25. The number of hydrogen-bond acceptors (Lipinski definition) is 3. The van der Waals surface area contributed by atoms with Gasteiger partial charge in [-0.15, -0.1) is 0 Å². The van der Waals surface area contributed by atoms with Crippen LogP contribution < -0.4 is 11.2 Å². The van der Waals surface area contributed by atoms with Crippen LogP contribution >= 0.6 is 11.6 Å². The van der Waals surface area contributed by atoms with Gasteiger partial charge in [-0.3, -0.25) is 14.3 Å². The van der Waals surface area contributed by atoms with Crippen LogP contribution in [-0.2, 0) is 6.54 Å². The summed E-state index contributed by atoms with van der Waals surface area (Å²) < 4.78 is 1.10. The van der Waals surface area contributed by atoms with Crippen molar-refractivity contribution in [3.05, 3.63) is 61.3 Å². The number of benzene rings is 1. The van der Waals surface area contributed by atoms with Crippen LogP contribution in [0.2, 0.25) is 5.02 Å². The van der Waals surface area contributed by atoms with Crippen LogP contribution in [-0.4, -0.2) is 14.7 Å². The second-order valence-electron chi connectivity index (χ2n) is 3.92. The first-order valence-electron chi connectivity index (χ1n) is 5.26. The standard InChI is InChI=1S/C12H11ClN2O3/c1-7-10(16)14-12(18)15(11(7)17)6-8-2-4-9(13)5-3-8/h2-5,17H,6H2,1H3,(H,14,16,18). The van der Waals surface area contributed by atoms with Gasteiger partial charge in [-0.1, -0.05) is 23.7 Å². The molecule has 1 heterocycles. The molecule has 2 aromatic rings. The fourth-order valence-electron chi connectivity index (χ4n) is 1.58. The number of aromatic nitrogens is 2. The average molecular weight is 267 g/mol. The Morgan fingerprint density at radius 3 is 2.50 bits per heavy atom. The van der Waals surface area contributed by atoms with Gasteiger partial charge in [0, 0.05) is 5.02 Å². The number of aromatic hydroxyl groups is 1. The summed E-state index contributed by atoms with van der Waals surface area (Å²) in [5.74, 6) is -0.321. The van der Waals surface area contributed by atoms with Gasteiger partial charge in [-0.25, -0.2) is 4.79 Å². The zero-order valence-electron chi connectivity index (χ0n) is 9.61. The minimum Gasteiger partial charge on any atom is -0.494 e. The first-order valence-corrected chi connectivity index (χ1v) is 5.64. The van der Waals surface area contributed by atoms with Crippen molar-refractivity contribution in [3.8, 4) is 5.88 Å². The molecular weight excluding hydrogens is 256 g/mol. The van der Waals surface area contributed by atoms with Gasteiger partial charge in [0.05, 0.1) is 12.1 Å². The SMILES string of the molecule is Cc1c(O)n(Cc2ccc(Cl)cc2)c(=O)[nH]c1=O. The van der Waals surface area contributed by atoms with Crippen LogP contribution in [0.3, 0.4) is 0 Å². The Bertz CT molecular complexity index is 686. The molecule has 0 aliphatic carbocycles. The quantitative estimate of drug-likeness (QED) is 0.859. The molecule has 18 heavy (non-hydrogen) atoms. The van der Waals surface area contributed by atoms with Crippen molar-refractivity contribution in [2.45, 2.75) is 13.5 Å². The lowest BCUT2D eigenvalue weighted by Crippen LogP contribution is -2.31. The van der Waals surface area contributed by atoms with Crippen molar-refractivity contribution >= 4 is 11.6 Å². The van der Waals surface area contributed by atoms with E-state index in [2.05, 4.69) is 4.98 Å². The van der Waals surface area contributed by atoms with Gasteiger partial charge in [-0.2, -0.15) is 0 Å². The lowest BCUT2D eigenvalue weighted by Gasteiger charge is -2.09. The van der Waals surface area contributed by atoms with Gasteiger partial charge in [-0.05, 0) is 24.6 Å². The Hall–Kier alpha value is -2.01. The second kappa shape index (κ2) is 4.70. The Morgan fingerprint density at radius 1 is 1.28 bits per heavy atom. The first-order chi connectivity index (χ1) is 8.49. The molecule has 0 amide bonds. The highest BCUT2D eigenvalue weighted by Gasteiger charge is 2.10. The maximum absolute atomic E-state index is 11.6. The molecule has 0 saturated heterocycles. The maximum atomic E-state index is 11.6. The molecule has 5 nitrogen and oxygen atoms in total. The number of hydrogen-bond donors (Lipinski definition) is 2. The molecule has 0 radical (unpaired) electrons. The van der Waals surface area contributed by atoms with Crippen molar-refractivity contribution in [3.63, 3.8) is 0 Å². The van der Waals surface area contributed by atoms with E-state index in [4.69, 9.17) is 11.6 Å². The smallest absolute Gasteiger partial charge is 0.331 e. The van der Waals surface area contributed by atoms with E-state index in [1.54, 1.807) is 24.3 Å². The lowest BCUT2D eigenvalue weighted by atomic mass is 10.2. The number of rotatable bonds is 2. The predicted molar refractivity (Wildman–Crippen MR) is 68.3 cm³/mol. The average Bonchev–Trinajstić information content (AvgIpc) is 2.34. The Kier molecular flexibility index (Phi) is 3.25. The summed E-state index contributed by atoms with van der Waals surface area (Å²) in [6.07, 6.45) is 0. The lowest BCUT2D eigenvalue weighted by molar-refractivity contribution is 0.404. The van der Waals surface area contributed by atoms with Crippen LogP contribution in [0.25, 0.3) is 0 Å². The third-order valence-electron chi connectivity index (χ3n) is 2.65. The normalized spacial score (nSPS) is 10.6. The zero-order valence-corrected chi connectivity index (χ0v) is 10.4. The van der Waals surface area contributed by atoms with Crippen molar-refractivity contribution in [1.82, 2.24) is 9.55 Å². The topological polar surface area (TPSA) is 75.1 Å². The van der Waals surface area contributed by atoms with Crippen LogP contribution in [0.5, 0.6) is 5.88 Å². The molecule has 0 aliphatic rings. The van der Waals surface area contributed by atoms with Crippen molar-refractivity contribution in [1.29, 1.82) is 0 Å². The van der Waals surface area contributed by atoms with E-state index < -0.39 is 11.2 Å². The molecule has 2 rings (SSSR count). The molecule has 1 aromatic heterocycles. The Labute approximate surface area is 107 Å². The summed E-state index contributed by atoms with van der Waals surface area (Å²) >= 11 is 5.76. The Morgan fingerprint density at radius 2 is 1.89 bits per heavy atom. The molecule has 0 atom stereocenters. The van der Waals surface area contributed by atoms with E-state index >= 15 is 0 Å². The van der Waals surface area contributed by atoms with Crippen LogP contribution in [0, 0.1) is 6.92 Å². The largest absolute Gasteiger partial charge is 0.494 e. The molecular formula is C12H11ClN2O3. The van der Waals surface area contributed by atoms with Gasteiger partial charge < -0.3 is 5.11 Å². The number of halogens is 1. The summed E-state index contributed by atoms with van der Waals surface area (Å²) in [7, 11) is 0. The van der Waals surface area contributed by atoms with Crippen molar-refractivity contribution in [2.24, 2.45) is 0 Å².